The quantitative estimate of drug-likeness (QED) is 0.152. The van der Waals surface area contributed by atoms with Crippen LogP contribution in [-0.4, -0.2) is 35.8 Å². The van der Waals surface area contributed by atoms with E-state index in [2.05, 4.69) is 38.3 Å². The summed E-state index contributed by atoms with van der Waals surface area (Å²) in [5, 5.41) is 15.8. The van der Waals surface area contributed by atoms with Crippen molar-refractivity contribution in [1.29, 1.82) is 0 Å². The standard InChI is InChI=1S/C38H47N3O4/c1-5-6-7-8-9-22-45-34-20-16-28(17-21-34)31-25-39-36(40-26-31)29-12-10-27(11-13-29)23-33(24-35(42)43)41-37(44)30-14-18-32(19-15-30)38(2,3)4/h10-21,25-26,33,36,39H,5-9,22-24H2,1-4H3,(H,41,44)(H,42,43)/t33-,36?/m0/s1. The number of ether oxygens (including phenoxy) is 1. The first-order chi connectivity index (χ1) is 21.6. The number of carbonyl (C=O) groups is 2. The number of aliphatic imine (C=N–C) groups is 1. The molecule has 7 heteroatoms. The van der Waals surface area contributed by atoms with Gasteiger partial charge in [0.25, 0.3) is 5.91 Å². The Morgan fingerprint density at radius 3 is 2.22 bits per heavy atom. The smallest absolute Gasteiger partial charge is 0.305 e. The van der Waals surface area contributed by atoms with Crippen molar-refractivity contribution in [3.8, 4) is 5.75 Å². The van der Waals surface area contributed by atoms with E-state index in [1.807, 2.05) is 73.1 Å². The van der Waals surface area contributed by atoms with Gasteiger partial charge >= 0.3 is 5.97 Å². The summed E-state index contributed by atoms with van der Waals surface area (Å²) in [6, 6.07) is 23.0. The number of unbranched alkanes of at least 4 members (excludes halogenated alkanes) is 4. The summed E-state index contributed by atoms with van der Waals surface area (Å²) in [6.45, 7) is 9.32. The molecule has 3 N–H and O–H groups in total. The lowest BCUT2D eigenvalue weighted by Crippen LogP contribution is -2.38. The molecule has 238 valence electrons. The Labute approximate surface area is 267 Å². The van der Waals surface area contributed by atoms with Gasteiger partial charge in [0, 0.05) is 29.6 Å². The van der Waals surface area contributed by atoms with E-state index in [4.69, 9.17) is 9.73 Å². The number of rotatable bonds is 15. The van der Waals surface area contributed by atoms with Gasteiger partial charge in [0.1, 0.15) is 11.9 Å². The van der Waals surface area contributed by atoms with Crippen molar-refractivity contribution in [2.45, 2.75) is 90.3 Å². The molecule has 0 fully saturated rings. The van der Waals surface area contributed by atoms with E-state index in [9.17, 15) is 14.7 Å². The van der Waals surface area contributed by atoms with E-state index in [1.54, 1.807) is 12.1 Å². The summed E-state index contributed by atoms with van der Waals surface area (Å²) in [5.41, 5.74) is 5.62. The van der Waals surface area contributed by atoms with E-state index >= 15 is 0 Å². The molecule has 0 saturated heterocycles. The highest BCUT2D eigenvalue weighted by Crippen LogP contribution is 2.25. The number of carbonyl (C=O) groups excluding carboxylic acids is 1. The van der Waals surface area contributed by atoms with Gasteiger partial charge < -0.3 is 20.5 Å². The van der Waals surface area contributed by atoms with Crippen LogP contribution in [0.5, 0.6) is 5.75 Å². The van der Waals surface area contributed by atoms with Crippen LogP contribution in [0.3, 0.4) is 0 Å². The van der Waals surface area contributed by atoms with Crippen LogP contribution >= 0.6 is 0 Å². The number of aliphatic carboxylic acids is 1. The van der Waals surface area contributed by atoms with E-state index in [1.165, 1.54) is 25.7 Å². The number of amides is 1. The Morgan fingerprint density at radius 1 is 0.933 bits per heavy atom. The molecule has 4 rings (SSSR count). The van der Waals surface area contributed by atoms with E-state index in [0.29, 0.717) is 12.0 Å². The van der Waals surface area contributed by atoms with Crippen molar-refractivity contribution in [3.05, 3.63) is 107 Å². The Morgan fingerprint density at radius 2 is 1.62 bits per heavy atom. The predicted octanol–water partition coefficient (Wildman–Crippen LogP) is 7.86. The average Bonchev–Trinajstić information content (AvgIpc) is 3.03. The molecule has 45 heavy (non-hydrogen) atoms. The highest BCUT2D eigenvalue weighted by molar-refractivity contribution is 6.10. The summed E-state index contributed by atoms with van der Waals surface area (Å²) in [6.07, 6.45) is 9.97. The van der Waals surface area contributed by atoms with Gasteiger partial charge in [-0.3, -0.25) is 14.6 Å². The average molecular weight is 610 g/mol. The van der Waals surface area contributed by atoms with E-state index < -0.39 is 12.0 Å². The zero-order valence-electron chi connectivity index (χ0n) is 27.0. The second kappa shape index (κ2) is 16.1. The SMILES string of the molecule is CCCCCCCOc1ccc(C2=CNC(c3ccc(C[C@@H](CC(=O)O)NC(=O)c4ccc(C(C)(C)C)cc4)cc3)N=C2)cc1. The van der Waals surface area contributed by atoms with Gasteiger partial charge in [-0.2, -0.15) is 0 Å². The minimum atomic E-state index is -0.955. The maximum absolute atomic E-state index is 12.9. The van der Waals surface area contributed by atoms with Crippen LogP contribution in [0.4, 0.5) is 0 Å². The molecule has 0 bridgehead atoms. The van der Waals surface area contributed by atoms with Crippen LogP contribution in [0.25, 0.3) is 5.57 Å². The molecule has 1 unspecified atom stereocenters. The van der Waals surface area contributed by atoms with Gasteiger partial charge in [0.15, 0.2) is 0 Å². The fourth-order valence-electron chi connectivity index (χ4n) is 5.28. The molecule has 3 aromatic rings. The van der Waals surface area contributed by atoms with Crippen molar-refractivity contribution in [2.75, 3.05) is 6.61 Å². The van der Waals surface area contributed by atoms with Crippen molar-refractivity contribution >= 4 is 23.7 Å². The molecule has 7 nitrogen and oxygen atoms in total. The molecule has 1 aliphatic rings. The van der Waals surface area contributed by atoms with Crippen LogP contribution in [0.1, 0.15) is 105 Å². The number of nitrogens with one attached hydrogen (secondary N) is 2. The highest BCUT2D eigenvalue weighted by atomic mass is 16.5. The zero-order valence-corrected chi connectivity index (χ0v) is 27.0. The second-order valence-corrected chi connectivity index (χ2v) is 12.8. The number of carboxylic acid groups (broad SMARTS) is 1. The van der Waals surface area contributed by atoms with E-state index in [-0.39, 0.29) is 23.9 Å². The van der Waals surface area contributed by atoms with Gasteiger partial charge in [-0.25, -0.2) is 0 Å². The highest BCUT2D eigenvalue weighted by Gasteiger charge is 2.20. The molecule has 0 aromatic heterocycles. The third kappa shape index (κ3) is 10.3. The fraction of sp³-hybridized carbons (Fsp3) is 0.395. The molecule has 1 aliphatic heterocycles. The molecular weight excluding hydrogens is 562 g/mol. The Bertz CT molecular complexity index is 1450. The molecule has 0 saturated carbocycles. The number of benzene rings is 3. The van der Waals surface area contributed by atoms with Crippen LogP contribution in [0.15, 0.2) is 84.0 Å². The lowest BCUT2D eigenvalue weighted by molar-refractivity contribution is -0.137. The molecule has 0 radical (unpaired) electrons. The zero-order chi connectivity index (χ0) is 32.2. The van der Waals surface area contributed by atoms with Gasteiger partial charge in [0.2, 0.25) is 0 Å². The largest absolute Gasteiger partial charge is 0.494 e. The summed E-state index contributed by atoms with van der Waals surface area (Å²) in [7, 11) is 0. The fourth-order valence-corrected chi connectivity index (χ4v) is 5.28. The Kier molecular flexibility index (Phi) is 12.0. The second-order valence-electron chi connectivity index (χ2n) is 12.8. The van der Waals surface area contributed by atoms with Crippen molar-refractivity contribution in [3.63, 3.8) is 0 Å². The summed E-state index contributed by atoms with van der Waals surface area (Å²) < 4.78 is 5.89. The topological polar surface area (TPSA) is 100 Å². The Hall–Kier alpha value is -4.39. The molecule has 0 spiro atoms. The lowest BCUT2D eigenvalue weighted by atomic mass is 9.86. The normalized spacial score (nSPS) is 15.1. The molecule has 3 aromatic carbocycles. The third-order valence-corrected chi connectivity index (χ3v) is 8.01. The van der Waals surface area contributed by atoms with Gasteiger partial charge in [0.05, 0.1) is 13.0 Å². The number of nitrogens with zero attached hydrogens (tertiary/aromatic N) is 1. The first-order valence-electron chi connectivity index (χ1n) is 16.1. The number of hydrogen-bond donors (Lipinski definition) is 3. The van der Waals surface area contributed by atoms with Crippen LogP contribution < -0.4 is 15.4 Å². The van der Waals surface area contributed by atoms with Crippen molar-refractivity contribution < 1.29 is 19.4 Å². The van der Waals surface area contributed by atoms with Crippen LogP contribution in [0, 0.1) is 0 Å². The number of allylic oxidation sites excluding steroid dienone is 1. The van der Waals surface area contributed by atoms with Gasteiger partial charge in [-0.15, -0.1) is 0 Å². The molecule has 0 aliphatic carbocycles. The van der Waals surface area contributed by atoms with Crippen LogP contribution in [-0.2, 0) is 16.6 Å². The third-order valence-electron chi connectivity index (χ3n) is 8.01. The van der Waals surface area contributed by atoms with Crippen molar-refractivity contribution in [1.82, 2.24) is 10.6 Å². The summed E-state index contributed by atoms with van der Waals surface area (Å²) in [4.78, 5) is 29.2. The summed E-state index contributed by atoms with van der Waals surface area (Å²) >= 11 is 0. The number of hydrogen-bond acceptors (Lipinski definition) is 5. The minimum absolute atomic E-state index is 0.0151. The lowest BCUT2D eigenvalue weighted by Gasteiger charge is -2.21. The summed E-state index contributed by atoms with van der Waals surface area (Å²) in [5.74, 6) is -0.349. The molecular formula is C38H47N3O4. The van der Waals surface area contributed by atoms with Gasteiger partial charge in [-0.1, -0.05) is 102 Å². The minimum Gasteiger partial charge on any atom is -0.494 e. The molecule has 1 heterocycles. The van der Waals surface area contributed by atoms with Crippen molar-refractivity contribution in [2.24, 2.45) is 4.99 Å². The van der Waals surface area contributed by atoms with E-state index in [0.717, 1.165) is 46.6 Å². The van der Waals surface area contributed by atoms with Crippen LogP contribution in [0.2, 0.25) is 0 Å². The predicted molar refractivity (Wildman–Crippen MR) is 182 cm³/mol. The Balaban J connectivity index is 1.29. The first-order valence-corrected chi connectivity index (χ1v) is 16.1. The maximum atomic E-state index is 12.9. The number of carboxylic acids is 1. The first kappa shape index (κ1) is 33.5. The molecule has 2 atom stereocenters. The maximum Gasteiger partial charge on any atom is 0.305 e. The molecule has 1 amide bonds. The van der Waals surface area contributed by atoms with Gasteiger partial charge in [-0.05, 0) is 64.8 Å². The monoisotopic (exact) mass is 609 g/mol.